The van der Waals surface area contributed by atoms with Gasteiger partial charge < -0.3 is 20.1 Å². The molecule has 0 bridgehead atoms. The summed E-state index contributed by atoms with van der Waals surface area (Å²) in [5, 5.41) is 5.40. The predicted molar refractivity (Wildman–Crippen MR) is 116 cm³/mol. The molecule has 0 saturated carbocycles. The first-order valence-electron chi connectivity index (χ1n) is 10.1. The van der Waals surface area contributed by atoms with Gasteiger partial charge in [-0.15, -0.1) is 0 Å². The maximum Gasteiger partial charge on any atom is 0.325 e. The average Bonchev–Trinajstić information content (AvgIpc) is 2.98. The normalized spacial score (nSPS) is 18.0. The van der Waals surface area contributed by atoms with Crippen molar-refractivity contribution in [3.8, 4) is 11.5 Å². The highest BCUT2D eigenvalue weighted by molar-refractivity contribution is 6.10. The Hall–Kier alpha value is -3.55. The molecule has 1 heterocycles. The van der Waals surface area contributed by atoms with Gasteiger partial charge in [0.25, 0.3) is 5.91 Å². The first-order chi connectivity index (χ1) is 14.8. The summed E-state index contributed by atoms with van der Waals surface area (Å²) in [4.78, 5) is 39.0. The molecule has 8 heteroatoms. The van der Waals surface area contributed by atoms with E-state index in [2.05, 4.69) is 17.6 Å². The number of nitrogens with zero attached hydrogens (tertiary/aromatic N) is 1. The van der Waals surface area contributed by atoms with Crippen molar-refractivity contribution in [2.75, 3.05) is 26.1 Å². The van der Waals surface area contributed by atoms with E-state index in [-0.39, 0.29) is 0 Å². The Balaban J connectivity index is 1.73. The molecular formula is C23H27N3O5. The molecule has 0 aromatic heterocycles. The number of rotatable bonds is 8. The van der Waals surface area contributed by atoms with Gasteiger partial charge in [0.2, 0.25) is 5.91 Å². The summed E-state index contributed by atoms with van der Waals surface area (Å²) >= 11 is 0. The van der Waals surface area contributed by atoms with Crippen LogP contribution in [-0.2, 0) is 21.5 Å². The van der Waals surface area contributed by atoms with E-state index in [4.69, 9.17) is 9.47 Å². The van der Waals surface area contributed by atoms with Crippen molar-refractivity contribution < 1.29 is 23.9 Å². The van der Waals surface area contributed by atoms with Crippen molar-refractivity contribution in [3.05, 3.63) is 53.6 Å². The van der Waals surface area contributed by atoms with Gasteiger partial charge in [0.05, 0.1) is 14.2 Å². The van der Waals surface area contributed by atoms with E-state index < -0.39 is 29.9 Å². The number of aryl methyl sites for hydroxylation is 1. The monoisotopic (exact) mass is 425 g/mol. The number of carbonyl (C=O) groups excluding carboxylic acids is 3. The quantitative estimate of drug-likeness (QED) is 0.634. The van der Waals surface area contributed by atoms with Crippen molar-refractivity contribution in [2.24, 2.45) is 0 Å². The van der Waals surface area contributed by atoms with Gasteiger partial charge in [-0.3, -0.25) is 14.5 Å². The fourth-order valence-corrected chi connectivity index (χ4v) is 3.55. The third kappa shape index (κ3) is 4.63. The number of amides is 4. The van der Waals surface area contributed by atoms with Crippen LogP contribution in [0.3, 0.4) is 0 Å². The van der Waals surface area contributed by atoms with Crippen LogP contribution in [0.4, 0.5) is 10.5 Å². The van der Waals surface area contributed by atoms with Crippen LogP contribution in [0.15, 0.2) is 42.5 Å². The average molecular weight is 425 g/mol. The minimum Gasteiger partial charge on any atom is -0.497 e. The number of methoxy groups -OCH3 is 2. The van der Waals surface area contributed by atoms with E-state index in [0.717, 1.165) is 23.3 Å². The Morgan fingerprint density at radius 1 is 1.06 bits per heavy atom. The lowest BCUT2D eigenvalue weighted by Crippen LogP contribution is -2.42. The first kappa shape index (κ1) is 22.1. The molecule has 1 fully saturated rings. The summed E-state index contributed by atoms with van der Waals surface area (Å²) in [5.41, 5.74) is 1.05. The van der Waals surface area contributed by atoms with Gasteiger partial charge in [0.1, 0.15) is 23.6 Å². The van der Waals surface area contributed by atoms with Crippen molar-refractivity contribution >= 4 is 23.5 Å². The molecule has 4 amide bonds. The summed E-state index contributed by atoms with van der Waals surface area (Å²) in [7, 11) is 3.01. The second-order valence-corrected chi connectivity index (χ2v) is 7.54. The lowest BCUT2D eigenvalue weighted by Gasteiger charge is -2.22. The van der Waals surface area contributed by atoms with Gasteiger partial charge >= 0.3 is 6.03 Å². The molecule has 0 spiro atoms. The lowest BCUT2D eigenvalue weighted by molar-refractivity contribution is -0.133. The van der Waals surface area contributed by atoms with E-state index in [1.54, 1.807) is 25.1 Å². The first-order valence-corrected chi connectivity index (χ1v) is 10.1. The Bertz CT molecular complexity index is 967. The standard InChI is InChI=1S/C23H27N3O5/c1-5-6-15-7-9-16(10-8-15)23(2)21(28)26(22(29)25-23)14-20(27)24-17-11-18(30-3)13-19(12-17)31-4/h7-13H,5-6,14H2,1-4H3,(H,24,27)(H,25,29). The molecule has 1 unspecified atom stereocenters. The molecule has 3 rings (SSSR count). The summed E-state index contributed by atoms with van der Waals surface area (Å²) < 4.78 is 10.4. The van der Waals surface area contributed by atoms with Crippen LogP contribution in [0.2, 0.25) is 0 Å². The van der Waals surface area contributed by atoms with E-state index in [1.807, 2.05) is 24.3 Å². The molecule has 31 heavy (non-hydrogen) atoms. The van der Waals surface area contributed by atoms with Crippen molar-refractivity contribution in [1.82, 2.24) is 10.2 Å². The fraction of sp³-hybridized carbons (Fsp3) is 0.348. The Kier molecular flexibility index (Phi) is 6.48. The van der Waals surface area contributed by atoms with Gasteiger partial charge in [-0.05, 0) is 24.5 Å². The van der Waals surface area contributed by atoms with E-state index in [0.29, 0.717) is 22.7 Å². The number of hydrogen-bond acceptors (Lipinski definition) is 5. The maximum atomic E-state index is 13.1. The smallest absolute Gasteiger partial charge is 0.325 e. The van der Waals surface area contributed by atoms with Gasteiger partial charge in [-0.1, -0.05) is 37.6 Å². The third-order valence-electron chi connectivity index (χ3n) is 5.28. The molecule has 2 aromatic carbocycles. The van der Waals surface area contributed by atoms with Gasteiger partial charge in [-0.25, -0.2) is 4.79 Å². The van der Waals surface area contributed by atoms with E-state index >= 15 is 0 Å². The Morgan fingerprint density at radius 2 is 1.68 bits per heavy atom. The van der Waals surface area contributed by atoms with E-state index in [9.17, 15) is 14.4 Å². The summed E-state index contributed by atoms with van der Waals surface area (Å²) in [6, 6.07) is 11.9. The molecule has 8 nitrogen and oxygen atoms in total. The number of hydrogen-bond donors (Lipinski definition) is 2. The zero-order chi connectivity index (χ0) is 22.6. The zero-order valence-corrected chi connectivity index (χ0v) is 18.2. The van der Waals surface area contributed by atoms with E-state index in [1.165, 1.54) is 14.2 Å². The molecule has 2 aromatic rings. The second-order valence-electron chi connectivity index (χ2n) is 7.54. The van der Waals surface area contributed by atoms with Crippen molar-refractivity contribution in [1.29, 1.82) is 0 Å². The van der Waals surface area contributed by atoms with Crippen LogP contribution in [-0.4, -0.2) is 43.5 Å². The molecule has 1 atom stereocenters. The molecule has 1 saturated heterocycles. The van der Waals surface area contributed by atoms with Crippen LogP contribution < -0.4 is 20.1 Å². The Labute approximate surface area is 181 Å². The molecule has 164 valence electrons. The SMILES string of the molecule is CCCc1ccc(C2(C)NC(=O)N(CC(=O)Nc3cc(OC)cc(OC)c3)C2=O)cc1. The van der Waals surface area contributed by atoms with Crippen molar-refractivity contribution in [2.45, 2.75) is 32.2 Å². The molecule has 0 radical (unpaired) electrons. The molecule has 1 aliphatic rings. The number of anilines is 1. The number of imide groups is 1. The number of urea groups is 1. The molecular weight excluding hydrogens is 398 g/mol. The van der Waals surface area contributed by atoms with Crippen molar-refractivity contribution in [3.63, 3.8) is 0 Å². The predicted octanol–water partition coefficient (Wildman–Crippen LogP) is 3.06. The Morgan fingerprint density at radius 3 is 2.23 bits per heavy atom. The highest BCUT2D eigenvalue weighted by Gasteiger charge is 2.49. The van der Waals surface area contributed by atoms with Crippen LogP contribution >= 0.6 is 0 Å². The van der Waals surface area contributed by atoms with Gasteiger partial charge in [0.15, 0.2) is 0 Å². The minimum absolute atomic E-state index is 0.409. The number of carbonyl (C=O) groups is 3. The second kappa shape index (κ2) is 9.07. The molecule has 1 aliphatic heterocycles. The third-order valence-corrected chi connectivity index (χ3v) is 5.28. The largest absolute Gasteiger partial charge is 0.497 e. The summed E-state index contributed by atoms with van der Waals surface area (Å²) in [6.45, 7) is 3.33. The number of nitrogens with one attached hydrogen (secondary N) is 2. The minimum atomic E-state index is -1.22. The highest BCUT2D eigenvalue weighted by atomic mass is 16.5. The van der Waals surface area contributed by atoms with Crippen LogP contribution in [0.5, 0.6) is 11.5 Å². The maximum absolute atomic E-state index is 13.1. The highest BCUT2D eigenvalue weighted by Crippen LogP contribution is 2.30. The van der Waals surface area contributed by atoms with Crippen LogP contribution in [0.25, 0.3) is 0 Å². The van der Waals surface area contributed by atoms with Gasteiger partial charge in [0, 0.05) is 23.9 Å². The number of ether oxygens (including phenoxy) is 2. The summed E-state index contributed by atoms with van der Waals surface area (Å²) in [6.07, 6.45) is 1.97. The van der Waals surface area contributed by atoms with Crippen LogP contribution in [0, 0.1) is 0 Å². The molecule has 2 N–H and O–H groups in total. The topological polar surface area (TPSA) is 97.0 Å². The zero-order valence-electron chi connectivity index (χ0n) is 18.2. The lowest BCUT2D eigenvalue weighted by atomic mass is 9.91. The number of benzene rings is 2. The van der Waals surface area contributed by atoms with Gasteiger partial charge in [-0.2, -0.15) is 0 Å². The molecule has 0 aliphatic carbocycles. The van der Waals surface area contributed by atoms with Crippen LogP contribution in [0.1, 0.15) is 31.4 Å². The summed E-state index contributed by atoms with van der Waals surface area (Å²) in [5.74, 6) is 0.0212. The fourth-order valence-electron chi connectivity index (χ4n) is 3.55.